The Balaban J connectivity index is 0.00000156. The largest absolute Gasteiger partial charge is 0.338 e. The molecule has 124 valence electrons. The van der Waals surface area contributed by atoms with Crippen LogP contribution < -0.4 is 5.32 Å². The maximum Gasteiger partial charge on any atom is 0.241 e. The fourth-order valence-corrected chi connectivity index (χ4v) is 3.91. The third-order valence-electron chi connectivity index (χ3n) is 4.70. The van der Waals surface area contributed by atoms with E-state index in [1.54, 1.807) is 0 Å². The van der Waals surface area contributed by atoms with Crippen LogP contribution in [0.1, 0.15) is 12.3 Å². The standard InChI is InChI=1S/C16H19BrN4O.ClH/c17-14-3-1-2-11(6-14)16-19-15(22-20-16)10-21-5-4-12-7-18-8-13(12)9-21;/h1-3,6,12-13,18H,4-5,7-10H2;1H. The van der Waals surface area contributed by atoms with Crippen molar-refractivity contribution in [3.63, 3.8) is 0 Å². The SMILES string of the molecule is Brc1cccc(-c2noc(CN3CCC4CNCC4C3)n2)c1.Cl. The Morgan fingerprint density at radius 3 is 3.04 bits per heavy atom. The lowest BCUT2D eigenvalue weighted by Gasteiger charge is -2.33. The predicted molar refractivity (Wildman–Crippen MR) is 94.4 cm³/mol. The molecule has 2 aliphatic heterocycles. The molecule has 2 aliphatic rings. The second-order valence-electron chi connectivity index (χ2n) is 6.22. The Hall–Kier alpha value is -0.950. The zero-order chi connectivity index (χ0) is 14.9. The number of likely N-dealkylation sites (tertiary alicyclic amines) is 1. The van der Waals surface area contributed by atoms with Gasteiger partial charge in [-0.3, -0.25) is 4.90 Å². The van der Waals surface area contributed by atoms with Gasteiger partial charge in [0.2, 0.25) is 11.7 Å². The van der Waals surface area contributed by atoms with Gasteiger partial charge < -0.3 is 9.84 Å². The Labute approximate surface area is 150 Å². The van der Waals surface area contributed by atoms with E-state index in [0.29, 0.717) is 11.7 Å². The molecule has 4 rings (SSSR count). The van der Waals surface area contributed by atoms with Gasteiger partial charge in [0, 0.05) is 16.6 Å². The van der Waals surface area contributed by atoms with Gasteiger partial charge in [0.05, 0.1) is 6.54 Å². The maximum atomic E-state index is 5.44. The van der Waals surface area contributed by atoms with Gasteiger partial charge in [-0.2, -0.15) is 4.98 Å². The van der Waals surface area contributed by atoms with Crippen LogP contribution in [0.25, 0.3) is 11.4 Å². The van der Waals surface area contributed by atoms with Crippen molar-refractivity contribution in [2.75, 3.05) is 26.2 Å². The lowest BCUT2D eigenvalue weighted by atomic mass is 9.89. The Morgan fingerprint density at radius 1 is 1.30 bits per heavy atom. The number of halogens is 2. The summed E-state index contributed by atoms with van der Waals surface area (Å²) in [5.74, 6) is 3.01. The van der Waals surface area contributed by atoms with Gasteiger partial charge in [-0.05, 0) is 50.0 Å². The first-order valence-corrected chi connectivity index (χ1v) is 8.59. The number of aromatic nitrogens is 2. The lowest BCUT2D eigenvalue weighted by Crippen LogP contribution is -2.39. The fraction of sp³-hybridized carbons (Fsp3) is 0.500. The summed E-state index contributed by atoms with van der Waals surface area (Å²) in [5, 5.41) is 7.61. The summed E-state index contributed by atoms with van der Waals surface area (Å²) in [6.07, 6.45) is 1.27. The Kier molecular flexibility index (Phi) is 5.36. The van der Waals surface area contributed by atoms with Crippen LogP contribution in [0, 0.1) is 11.8 Å². The Bertz CT molecular complexity index is 665. The number of nitrogens with zero attached hydrogens (tertiary/aromatic N) is 3. The van der Waals surface area contributed by atoms with E-state index in [9.17, 15) is 0 Å². The summed E-state index contributed by atoms with van der Waals surface area (Å²) in [4.78, 5) is 6.98. The highest BCUT2D eigenvalue weighted by atomic mass is 79.9. The fourth-order valence-electron chi connectivity index (χ4n) is 3.51. The van der Waals surface area contributed by atoms with Crippen molar-refractivity contribution in [3.8, 4) is 11.4 Å². The van der Waals surface area contributed by atoms with Crippen LogP contribution in [-0.4, -0.2) is 41.2 Å². The van der Waals surface area contributed by atoms with Crippen LogP contribution in [0.4, 0.5) is 0 Å². The molecular weight excluding hydrogens is 380 g/mol. The molecule has 1 aromatic carbocycles. The number of hydrogen-bond acceptors (Lipinski definition) is 5. The van der Waals surface area contributed by atoms with Gasteiger partial charge in [-0.25, -0.2) is 0 Å². The highest BCUT2D eigenvalue weighted by Crippen LogP contribution is 2.27. The minimum absolute atomic E-state index is 0. The van der Waals surface area contributed by atoms with Crippen LogP contribution in [-0.2, 0) is 6.54 Å². The minimum atomic E-state index is 0. The van der Waals surface area contributed by atoms with Crippen molar-refractivity contribution in [3.05, 3.63) is 34.6 Å². The zero-order valence-electron chi connectivity index (χ0n) is 12.7. The first kappa shape index (κ1) is 16.9. The van der Waals surface area contributed by atoms with E-state index in [0.717, 1.165) is 48.1 Å². The van der Waals surface area contributed by atoms with Crippen LogP contribution >= 0.6 is 28.3 Å². The second kappa shape index (κ2) is 7.30. The molecule has 2 fully saturated rings. The van der Waals surface area contributed by atoms with Crippen molar-refractivity contribution in [1.82, 2.24) is 20.4 Å². The van der Waals surface area contributed by atoms with E-state index in [-0.39, 0.29) is 12.4 Å². The topological polar surface area (TPSA) is 54.2 Å². The Morgan fingerprint density at radius 2 is 2.17 bits per heavy atom. The quantitative estimate of drug-likeness (QED) is 0.860. The minimum Gasteiger partial charge on any atom is -0.338 e. The molecule has 1 N–H and O–H groups in total. The first-order valence-electron chi connectivity index (χ1n) is 7.79. The molecule has 3 heterocycles. The smallest absolute Gasteiger partial charge is 0.241 e. The van der Waals surface area contributed by atoms with Gasteiger partial charge >= 0.3 is 0 Å². The van der Waals surface area contributed by atoms with Crippen molar-refractivity contribution < 1.29 is 4.52 Å². The van der Waals surface area contributed by atoms with Crippen molar-refractivity contribution in [2.45, 2.75) is 13.0 Å². The number of rotatable bonds is 3. The molecule has 2 atom stereocenters. The number of piperidine rings is 1. The van der Waals surface area contributed by atoms with E-state index < -0.39 is 0 Å². The lowest BCUT2D eigenvalue weighted by molar-refractivity contribution is 0.128. The molecule has 0 bridgehead atoms. The summed E-state index contributed by atoms with van der Waals surface area (Å²) in [7, 11) is 0. The average Bonchev–Trinajstić information content (AvgIpc) is 3.16. The molecule has 0 spiro atoms. The molecule has 23 heavy (non-hydrogen) atoms. The highest BCUT2D eigenvalue weighted by molar-refractivity contribution is 9.10. The molecule has 7 heteroatoms. The summed E-state index contributed by atoms with van der Waals surface area (Å²) >= 11 is 3.47. The molecular formula is C16H20BrClN4O. The van der Waals surface area contributed by atoms with E-state index >= 15 is 0 Å². The van der Waals surface area contributed by atoms with Crippen LogP contribution in [0.2, 0.25) is 0 Å². The predicted octanol–water partition coefficient (Wildman–Crippen LogP) is 2.96. The summed E-state index contributed by atoms with van der Waals surface area (Å²) in [6.45, 7) is 5.34. The monoisotopic (exact) mass is 398 g/mol. The molecule has 0 aliphatic carbocycles. The highest BCUT2D eigenvalue weighted by Gasteiger charge is 2.33. The van der Waals surface area contributed by atoms with Crippen molar-refractivity contribution >= 4 is 28.3 Å². The molecule has 2 unspecified atom stereocenters. The third-order valence-corrected chi connectivity index (χ3v) is 5.19. The third kappa shape index (κ3) is 3.76. The normalized spacial score (nSPS) is 24.2. The number of benzene rings is 1. The zero-order valence-corrected chi connectivity index (χ0v) is 15.1. The molecule has 2 aromatic rings. The first-order chi connectivity index (χ1) is 10.8. The van der Waals surface area contributed by atoms with E-state index in [2.05, 4.69) is 36.3 Å². The maximum absolute atomic E-state index is 5.44. The molecule has 0 radical (unpaired) electrons. The van der Waals surface area contributed by atoms with Gasteiger partial charge in [-0.1, -0.05) is 33.2 Å². The van der Waals surface area contributed by atoms with Gasteiger partial charge in [-0.15, -0.1) is 12.4 Å². The number of nitrogens with one attached hydrogen (secondary N) is 1. The summed E-state index contributed by atoms with van der Waals surface area (Å²) in [5.41, 5.74) is 0.975. The summed E-state index contributed by atoms with van der Waals surface area (Å²) in [6, 6.07) is 7.97. The van der Waals surface area contributed by atoms with Crippen molar-refractivity contribution in [1.29, 1.82) is 0 Å². The second-order valence-corrected chi connectivity index (χ2v) is 7.14. The number of hydrogen-bond donors (Lipinski definition) is 1. The van der Waals surface area contributed by atoms with Gasteiger partial charge in [0.1, 0.15) is 0 Å². The van der Waals surface area contributed by atoms with Crippen LogP contribution in [0.5, 0.6) is 0 Å². The van der Waals surface area contributed by atoms with E-state index in [4.69, 9.17) is 4.52 Å². The molecule has 2 saturated heterocycles. The average molecular weight is 400 g/mol. The van der Waals surface area contributed by atoms with E-state index in [1.165, 1.54) is 13.0 Å². The van der Waals surface area contributed by atoms with E-state index in [1.807, 2.05) is 24.3 Å². The number of fused-ring (bicyclic) bond motifs is 1. The van der Waals surface area contributed by atoms with Crippen molar-refractivity contribution in [2.24, 2.45) is 11.8 Å². The van der Waals surface area contributed by atoms with Gasteiger partial charge in [0.15, 0.2) is 0 Å². The summed E-state index contributed by atoms with van der Waals surface area (Å²) < 4.78 is 6.46. The van der Waals surface area contributed by atoms with Crippen LogP contribution in [0.15, 0.2) is 33.3 Å². The van der Waals surface area contributed by atoms with Crippen LogP contribution in [0.3, 0.4) is 0 Å². The molecule has 0 amide bonds. The molecule has 5 nitrogen and oxygen atoms in total. The molecule has 1 aromatic heterocycles. The molecule has 0 saturated carbocycles. The van der Waals surface area contributed by atoms with Gasteiger partial charge in [0.25, 0.3) is 0 Å².